The first-order valence-electron chi connectivity index (χ1n) is 10.8. The number of imidazole rings is 1. The molecule has 0 saturated carbocycles. The molecule has 1 aromatic rings. The highest BCUT2D eigenvalue weighted by Crippen LogP contribution is 2.29. The molecule has 2 unspecified atom stereocenters. The number of hydrogen-bond donors (Lipinski definition) is 2. The Morgan fingerprint density at radius 3 is 2.82 bits per heavy atom. The van der Waals surface area contributed by atoms with Gasteiger partial charge in [0.2, 0.25) is 0 Å². The summed E-state index contributed by atoms with van der Waals surface area (Å²) >= 11 is 0. The van der Waals surface area contributed by atoms with Crippen LogP contribution in [-0.4, -0.2) is 55.8 Å². The Hall–Kier alpha value is -3.86. The summed E-state index contributed by atoms with van der Waals surface area (Å²) in [7, 11) is 5.06. The molecular formula is C27H30N4O3. The maximum Gasteiger partial charge on any atom is 0.133 e. The van der Waals surface area contributed by atoms with Crippen molar-refractivity contribution >= 4 is 11.9 Å². The molecule has 7 nitrogen and oxygen atoms in total. The number of aliphatic imine (C=N–C) groups is 1. The minimum absolute atomic E-state index is 0.223. The van der Waals surface area contributed by atoms with Gasteiger partial charge in [-0.15, -0.1) is 6.42 Å². The zero-order valence-electron chi connectivity index (χ0n) is 19.8. The van der Waals surface area contributed by atoms with Crippen LogP contribution in [0.1, 0.15) is 17.2 Å². The van der Waals surface area contributed by atoms with E-state index >= 15 is 0 Å². The Morgan fingerprint density at radius 2 is 2.21 bits per heavy atom. The summed E-state index contributed by atoms with van der Waals surface area (Å²) in [5.41, 5.74) is 4.06. The topological polar surface area (TPSA) is 80.8 Å². The number of aromatic amines is 1. The SMILES string of the molecule is C#Cc1[nH]c(COC2C=CC=C(C(OC)C3=CCNC(=NC)/C3=C\C=C)C=C2OC)nc1C=C. The molecule has 1 aromatic heterocycles. The number of terminal acetylenes is 1. The molecule has 2 N–H and O–H groups in total. The van der Waals surface area contributed by atoms with Gasteiger partial charge in [0.05, 0.1) is 12.8 Å². The molecule has 7 heteroatoms. The Labute approximate surface area is 201 Å². The van der Waals surface area contributed by atoms with Crippen LogP contribution in [0.5, 0.6) is 0 Å². The van der Waals surface area contributed by atoms with Gasteiger partial charge in [0, 0.05) is 26.3 Å². The molecule has 0 aromatic carbocycles. The van der Waals surface area contributed by atoms with Crippen LogP contribution in [0.2, 0.25) is 0 Å². The third kappa shape index (κ3) is 5.37. The van der Waals surface area contributed by atoms with E-state index in [1.807, 2.05) is 30.4 Å². The smallest absolute Gasteiger partial charge is 0.133 e. The van der Waals surface area contributed by atoms with Gasteiger partial charge >= 0.3 is 0 Å². The van der Waals surface area contributed by atoms with Crippen molar-refractivity contribution < 1.29 is 14.2 Å². The lowest BCUT2D eigenvalue weighted by Gasteiger charge is -2.27. The van der Waals surface area contributed by atoms with Gasteiger partial charge in [0.15, 0.2) is 0 Å². The highest BCUT2D eigenvalue weighted by molar-refractivity contribution is 6.04. The molecule has 2 atom stereocenters. The van der Waals surface area contributed by atoms with Gasteiger partial charge in [-0.3, -0.25) is 4.99 Å². The van der Waals surface area contributed by atoms with Gasteiger partial charge in [-0.2, -0.15) is 0 Å². The Morgan fingerprint density at radius 1 is 1.38 bits per heavy atom. The fourth-order valence-corrected chi connectivity index (χ4v) is 3.85. The molecule has 0 bridgehead atoms. The van der Waals surface area contributed by atoms with Crippen LogP contribution in [0.25, 0.3) is 6.08 Å². The first-order valence-corrected chi connectivity index (χ1v) is 10.8. The first kappa shape index (κ1) is 24.8. The molecule has 176 valence electrons. The van der Waals surface area contributed by atoms with Gasteiger partial charge in [-0.05, 0) is 29.4 Å². The van der Waals surface area contributed by atoms with Gasteiger partial charge < -0.3 is 24.5 Å². The van der Waals surface area contributed by atoms with Crippen molar-refractivity contribution in [2.75, 3.05) is 27.8 Å². The second kappa shape index (κ2) is 11.8. The van der Waals surface area contributed by atoms with Crippen molar-refractivity contribution in [2.24, 2.45) is 4.99 Å². The van der Waals surface area contributed by atoms with Crippen LogP contribution in [0.3, 0.4) is 0 Å². The summed E-state index contributed by atoms with van der Waals surface area (Å²) in [4.78, 5) is 11.9. The standard InChI is InChI=1S/C27H30N4O3/c1-7-11-20-19(14-15-29-27(20)28-4)26(33-6)18-12-10-13-23(24(16-18)32-5)34-17-25-30-21(8-2)22(9-3)31-25/h2,7,9-14,16,23,26H,1,3,15,17H2,4-6H3,(H,28,29)(H,30,31)/b20-11-. The summed E-state index contributed by atoms with van der Waals surface area (Å²) in [5.74, 6) is 4.62. The van der Waals surface area contributed by atoms with Crippen LogP contribution in [0.15, 0.2) is 83.2 Å². The van der Waals surface area contributed by atoms with E-state index in [0.29, 0.717) is 29.5 Å². The fourth-order valence-electron chi connectivity index (χ4n) is 3.85. The van der Waals surface area contributed by atoms with Crippen molar-refractivity contribution in [3.8, 4) is 12.3 Å². The molecule has 2 aliphatic rings. The normalized spacial score (nSPS) is 21.0. The van der Waals surface area contributed by atoms with Gasteiger partial charge in [-0.1, -0.05) is 49.5 Å². The number of methoxy groups -OCH3 is 2. The summed E-state index contributed by atoms with van der Waals surface area (Å²) in [6.07, 6.45) is 19.9. The zero-order valence-corrected chi connectivity index (χ0v) is 19.8. The number of aromatic nitrogens is 2. The molecule has 0 spiro atoms. The first-order chi connectivity index (χ1) is 16.6. The number of ether oxygens (including phenoxy) is 3. The highest BCUT2D eigenvalue weighted by atomic mass is 16.5. The minimum atomic E-state index is -0.416. The lowest BCUT2D eigenvalue weighted by atomic mass is 9.90. The Kier molecular flexibility index (Phi) is 8.63. The average Bonchev–Trinajstić information content (AvgIpc) is 3.16. The van der Waals surface area contributed by atoms with Crippen molar-refractivity contribution in [2.45, 2.75) is 18.8 Å². The van der Waals surface area contributed by atoms with E-state index in [4.69, 9.17) is 20.6 Å². The monoisotopic (exact) mass is 458 g/mol. The number of H-pyrrole nitrogens is 1. The molecule has 2 heterocycles. The molecule has 0 fully saturated rings. The molecule has 0 amide bonds. The molecule has 3 rings (SSSR count). The van der Waals surface area contributed by atoms with Crippen LogP contribution < -0.4 is 5.32 Å². The summed E-state index contributed by atoms with van der Waals surface area (Å²) in [5, 5.41) is 3.28. The fraction of sp³-hybridized carbons (Fsp3) is 0.259. The third-order valence-electron chi connectivity index (χ3n) is 5.40. The largest absolute Gasteiger partial charge is 0.498 e. The van der Waals surface area contributed by atoms with Crippen LogP contribution in [0, 0.1) is 12.3 Å². The van der Waals surface area contributed by atoms with Crippen LogP contribution >= 0.6 is 0 Å². The van der Waals surface area contributed by atoms with Gasteiger partial charge in [0.25, 0.3) is 0 Å². The van der Waals surface area contributed by atoms with E-state index in [0.717, 1.165) is 22.6 Å². The van der Waals surface area contributed by atoms with Crippen molar-refractivity contribution in [1.82, 2.24) is 15.3 Å². The minimum Gasteiger partial charge on any atom is -0.498 e. The maximum absolute atomic E-state index is 6.09. The molecule has 0 radical (unpaired) electrons. The van der Waals surface area contributed by atoms with Crippen LogP contribution in [-0.2, 0) is 20.8 Å². The predicted octanol–water partition coefficient (Wildman–Crippen LogP) is 3.63. The molecule has 0 saturated heterocycles. The predicted molar refractivity (Wildman–Crippen MR) is 136 cm³/mol. The van der Waals surface area contributed by atoms with E-state index in [-0.39, 0.29) is 12.7 Å². The Bertz CT molecular complexity index is 1150. The zero-order chi connectivity index (χ0) is 24.5. The number of nitrogens with zero attached hydrogens (tertiary/aromatic N) is 2. The Balaban J connectivity index is 1.85. The van der Waals surface area contributed by atoms with Gasteiger partial charge in [0.1, 0.15) is 41.9 Å². The molecule has 34 heavy (non-hydrogen) atoms. The number of nitrogens with one attached hydrogen (secondary N) is 2. The second-order valence-electron chi connectivity index (χ2n) is 7.37. The number of amidine groups is 1. The van der Waals surface area contributed by atoms with E-state index in [2.05, 4.69) is 45.4 Å². The maximum atomic E-state index is 6.09. The molecular weight excluding hydrogens is 428 g/mol. The van der Waals surface area contributed by atoms with Crippen LogP contribution in [0.4, 0.5) is 0 Å². The quantitative estimate of drug-likeness (QED) is 0.553. The molecule has 1 aliphatic carbocycles. The van der Waals surface area contributed by atoms with Gasteiger partial charge in [-0.25, -0.2) is 4.98 Å². The number of hydrogen-bond acceptors (Lipinski definition) is 5. The van der Waals surface area contributed by atoms with Crippen molar-refractivity contribution in [3.05, 3.63) is 95.4 Å². The molecule has 1 aliphatic heterocycles. The third-order valence-corrected chi connectivity index (χ3v) is 5.40. The number of rotatable bonds is 9. The summed E-state index contributed by atoms with van der Waals surface area (Å²) in [6, 6.07) is 0. The van der Waals surface area contributed by atoms with E-state index in [1.165, 1.54) is 0 Å². The van der Waals surface area contributed by atoms with Crippen molar-refractivity contribution in [3.63, 3.8) is 0 Å². The number of allylic oxidation sites excluding steroid dienone is 4. The summed E-state index contributed by atoms with van der Waals surface area (Å²) < 4.78 is 17.7. The van der Waals surface area contributed by atoms with E-state index in [1.54, 1.807) is 33.4 Å². The lowest BCUT2D eigenvalue weighted by Crippen LogP contribution is -2.34. The second-order valence-corrected chi connectivity index (χ2v) is 7.37. The lowest BCUT2D eigenvalue weighted by molar-refractivity contribution is 0.0534. The average molecular weight is 459 g/mol. The van der Waals surface area contributed by atoms with E-state index in [9.17, 15) is 0 Å². The highest BCUT2D eigenvalue weighted by Gasteiger charge is 2.27. The van der Waals surface area contributed by atoms with E-state index < -0.39 is 6.10 Å². The van der Waals surface area contributed by atoms with Crippen molar-refractivity contribution in [1.29, 1.82) is 0 Å². The summed E-state index contributed by atoms with van der Waals surface area (Å²) in [6.45, 7) is 8.46.